The van der Waals surface area contributed by atoms with Gasteiger partial charge in [0, 0.05) is 24.3 Å². The zero-order chi connectivity index (χ0) is 27.4. The van der Waals surface area contributed by atoms with E-state index in [1.165, 1.54) is 0 Å². The van der Waals surface area contributed by atoms with Gasteiger partial charge in [-0.05, 0) is 28.8 Å². The molecule has 0 radical (unpaired) electrons. The predicted octanol–water partition coefficient (Wildman–Crippen LogP) is 7.11. The summed E-state index contributed by atoms with van der Waals surface area (Å²) in [5.74, 6) is 0.0468. The molecule has 5 rings (SSSR count). The number of hydrogen-bond acceptors (Lipinski definition) is 7. The van der Waals surface area contributed by atoms with Crippen LogP contribution in [0.3, 0.4) is 0 Å². The van der Waals surface area contributed by atoms with Crippen LogP contribution in [-0.2, 0) is 27.4 Å². The molecule has 1 aliphatic heterocycles. The molecule has 1 fully saturated rings. The monoisotopic (exact) mass is 622 g/mol. The van der Waals surface area contributed by atoms with E-state index in [4.69, 9.17) is 49.3 Å². The number of carbonyl (C=O) groups is 1. The molecule has 11 heteroatoms. The summed E-state index contributed by atoms with van der Waals surface area (Å²) in [6.07, 6.45) is -0.145. The molecule has 2 N–H and O–H groups in total. The van der Waals surface area contributed by atoms with Crippen molar-refractivity contribution in [1.82, 2.24) is 10.3 Å². The second-order valence-corrected chi connectivity index (χ2v) is 13.6. The van der Waals surface area contributed by atoms with Gasteiger partial charge in [0.25, 0.3) is 9.70 Å². The van der Waals surface area contributed by atoms with Crippen LogP contribution in [0.1, 0.15) is 41.1 Å². The lowest BCUT2D eigenvalue weighted by Gasteiger charge is -2.36. The summed E-state index contributed by atoms with van der Waals surface area (Å²) in [6, 6.07) is 23.5. The number of para-hydroxylation sites is 1. The van der Waals surface area contributed by atoms with Gasteiger partial charge in [-0.3, -0.25) is 4.79 Å². The van der Waals surface area contributed by atoms with E-state index >= 15 is 0 Å². The summed E-state index contributed by atoms with van der Waals surface area (Å²) in [5.41, 5.74) is 4.58. The first kappa shape index (κ1) is 28.6. The lowest BCUT2D eigenvalue weighted by molar-refractivity contribution is -0.245. The molecule has 2 heterocycles. The molecule has 1 aliphatic rings. The number of amides is 1. The molecule has 0 spiro atoms. The first-order valence-electron chi connectivity index (χ1n) is 12.2. The van der Waals surface area contributed by atoms with Crippen LogP contribution in [0, 0.1) is 0 Å². The average molecular weight is 624 g/mol. The highest BCUT2D eigenvalue weighted by Crippen LogP contribution is 2.40. The molecule has 0 saturated carbocycles. The van der Waals surface area contributed by atoms with Crippen LogP contribution in [0.15, 0.2) is 77.1 Å². The molecule has 39 heavy (non-hydrogen) atoms. The van der Waals surface area contributed by atoms with E-state index in [9.17, 15) is 9.90 Å². The third-order valence-corrected chi connectivity index (χ3v) is 9.07. The molecule has 0 bridgehead atoms. The Bertz CT molecular complexity index is 1380. The molecule has 1 aromatic heterocycles. The predicted molar refractivity (Wildman–Crippen MR) is 157 cm³/mol. The van der Waals surface area contributed by atoms with Crippen LogP contribution in [0.25, 0.3) is 10.2 Å². The average Bonchev–Trinajstić information content (AvgIpc) is 3.37. The third kappa shape index (κ3) is 7.45. The van der Waals surface area contributed by atoms with Crippen molar-refractivity contribution in [3.63, 3.8) is 0 Å². The van der Waals surface area contributed by atoms with Crippen molar-refractivity contribution in [3.05, 3.63) is 95.1 Å². The summed E-state index contributed by atoms with van der Waals surface area (Å²) >= 11 is 20.2. The molecule has 4 aromatic rings. The Morgan fingerprint density at radius 2 is 1.69 bits per heavy atom. The largest absolute Gasteiger partial charge is 0.392 e. The van der Waals surface area contributed by atoms with Crippen LogP contribution < -0.4 is 5.32 Å². The van der Waals surface area contributed by atoms with Gasteiger partial charge in [0.05, 0.1) is 29.0 Å². The van der Waals surface area contributed by atoms with Gasteiger partial charge in [-0.25, -0.2) is 4.98 Å². The summed E-state index contributed by atoms with van der Waals surface area (Å²) in [7, 11) is 0. The fraction of sp³-hybridized carbons (Fsp3) is 0.286. The summed E-state index contributed by atoms with van der Waals surface area (Å²) < 4.78 is 13.0. The van der Waals surface area contributed by atoms with Gasteiger partial charge in [-0.15, -0.1) is 11.3 Å². The molecule has 1 amide bonds. The number of nitrogens with zero attached hydrogens (tertiary/aromatic N) is 1. The number of thioether (sulfide) groups is 1. The molecule has 0 aliphatic carbocycles. The number of rotatable bonds is 8. The van der Waals surface area contributed by atoms with Crippen molar-refractivity contribution in [3.8, 4) is 0 Å². The van der Waals surface area contributed by atoms with Crippen molar-refractivity contribution in [1.29, 1.82) is 0 Å². The van der Waals surface area contributed by atoms with Gasteiger partial charge in [0.1, 0.15) is 0 Å². The standard InChI is InChI=1S/C28H25Cl3N2O4S2/c29-28(30,31)26(35)32-14-17-5-11-20(12-6-17)25-36-21(13-23(37-25)19-9-7-18(15-34)8-10-19)16-38-27-33-22-3-1-2-4-24(22)39-27/h1-12,21,23,25,34H,13-16H2,(H,32,35)/t21-,23+,25+/m0/s1. The van der Waals surface area contributed by atoms with Crippen LogP contribution in [0.2, 0.25) is 0 Å². The Balaban J connectivity index is 1.30. The maximum absolute atomic E-state index is 11.8. The fourth-order valence-electron chi connectivity index (χ4n) is 4.17. The SMILES string of the molecule is O=C(NCc1ccc([C@@H]2O[C@H](CSc3nc4ccccc4s3)C[C@H](c3ccc(CO)cc3)O2)cc1)C(Cl)(Cl)Cl. The first-order chi connectivity index (χ1) is 18.8. The molecule has 1 saturated heterocycles. The number of fused-ring (bicyclic) bond motifs is 1. The second-order valence-electron chi connectivity index (χ2n) is 9.03. The normalized spacial score (nSPS) is 19.7. The number of nitrogens with one attached hydrogen (secondary N) is 1. The van der Waals surface area contributed by atoms with Gasteiger partial charge < -0.3 is 19.9 Å². The number of aliphatic hydroxyl groups excluding tert-OH is 1. The molecule has 3 aromatic carbocycles. The molecular weight excluding hydrogens is 599 g/mol. The smallest absolute Gasteiger partial charge is 0.272 e. The van der Waals surface area contributed by atoms with E-state index in [2.05, 4.69) is 11.4 Å². The third-order valence-electron chi connectivity index (χ3n) is 6.24. The van der Waals surface area contributed by atoms with E-state index in [-0.39, 0.29) is 25.4 Å². The second kappa shape index (κ2) is 12.7. The lowest BCUT2D eigenvalue weighted by Crippen LogP contribution is -2.34. The highest BCUT2D eigenvalue weighted by Gasteiger charge is 2.33. The van der Waals surface area contributed by atoms with Crippen LogP contribution in [0.4, 0.5) is 0 Å². The van der Waals surface area contributed by atoms with Gasteiger partial charge in [-0.2, -0.15) is 0 Å². The number of carbonyl (C=O) groups excluding carboxylic acids is 1. The molecule has 204 valence electrons. The van der Waals surface area contributed by atoms with Gasteiger partial charge in [-0.1, -0.05) is 107 Å². The highest BCUT2D eigenvalue weighted by atomic mass is 35.6. The molecular formula is C28H25Cl3N2O4S2. The molecule has 3 atom stereocenters. The Kier molecular flexibility index (Phi) is 9.36. The number of alkyl halides is 3. The topological polar surface area (TPSA) is 80.7 Å². The van der Waals surface area contributed by atoms with Gasteiger partial charge in [0.15, 0.2) is 10.6 Å². The minimum atomic E-state index is -2.01. The number of halogens is 3. The fourth-order valence-corrected chi connectivity index (χ4v) is 6.49. The number of ether oxygens (including phenoxy) is 2. The van der Waals surface area contributed by atoms with Crippen molar-refractivity contribution < 1.29 is 19.4 Å². The van der Waals surface area contributed by atoms with Gasteiger partial charge in [0.2, 0.25) is 0 Å². The van der Waals surface area contributed by atoms with Crippen molar-refractivity contribution in [2.24, 2.45) is 0 Å². The highest BCUT2D eigenvalue weighted by molar-refractivity contribution is 8.01. The zero-order valence-corrected chi connectivity index (χ0v) is 24.5. The first-order valence-corrected chi connectivity index (χ1v) is 15.1. The van der Waals surface area contributed by atoms with E-state index < -0.39 is 16.0 Å². The van der Waals surface area contributed by atoms with E-state index in [0.29, 0.717) is 6.42 Å². The number of aromatic nitrogens is 1. The zero-order valence-electron chi connectivity index (χ0n) is 20.6. The molecule has 0 unspecified atom stereocenters. The quantitative estimate of drug-likeness (QED) is 0.161. The minimum absolute atomic E-state index is 0.00651. The van der Waals surface area contributed by atoms with E-state index in [0.717, 1.165) is 42.6 Å². The number of thiazole rings is 1. The van der Waals surface area contributed by atoms with Crippen molar-refractivity contribution in [2.45, 2.75) is 46.2 Å². The number of benzene rings is 3. The maximum Gasteiger partial charge on any atom is 0.272 e. The van der Waals surface area contributed by atoms with E-state index in [1.54, 1.807) is 23.1 Å². The van der Waals surface area contributed by atoms with Crippen LogP contribution >= 0.6 is 57.9 Å². The number of hydrogen-bond donors (Lipinski definition) is 2. The minimum Gasteiger partial charge on any atom is -0.392 e. The van der Waals surface area contributed by atoms with E-state index in [1.807, 2.05) is 66.7 Å². The summed E-state index contributed by atoms with van der Waals surface area (Å²) in [4.78, 5) is 16.6. The summed E-state index contributed by atoms with van der Waals surface area (Å²) in [5, 5.41) is 12.0. The van der Waals surface area contributed by atoms with Crippen molar-refractivity contribution in [2.75, 3.05) is 5.75 Å². The Morgan fingerprint density at radius 1 is 1.00 bits per heavy atom. The van der Waals surface area contributed by atoms with Crippen LogP contribution in [-0.4, -0.2) is 31.6 Å². The van der Waals surface area contributed by atoms with Crippen LogP contribution in [0.5, 0.6) is 0 Å². The van der Waals surface area contributed by atoms with Crippen molar-refractivity contribution >= 4 is 74.0 Å². The summed E-state index contributed by atoms with van der Waals surface area (Å²) in [6.45, 7) is 0.216. The molecule has 6 nitrogen and oxygen atoms in total. The Hall–Kier alpha value is -1.88. The Labute approximate surface area is 249 Å². The maximum atomic E-state index is 11.8. The Morgan fingerprint density at radius 3 is 2.38 bits per heavy atom. The van der Waals surface area contributed by atoms with Gasteiger partial charge >= 0.3 is 0 Å². The lowest BCUT2D eigenvalue weighted by atomic mass is 10.0. The number of aliphatic hydroxyl groups is 1.